The third-order valence-corrected chi connectivity index (χ3v) is 5.31. The summed E-state index contributed by atoms with van der Waals surface area (Å²) in [4.78, 5) is 10.1. The van der Waals surface area contributed by atoms with Gasteiger partial charge in [-0.1, -0.05) is 0 Å². The van der Waals surface area contributed by atoms with Crippen LogP contribution in [-0.2, 0) is 32.6 Å². The first-order valence-corrected chi connectivity index (χ1v) is 10.9. The zero-order valence-electron chi connectivity index (χ0n) is 16.7. The van der Waals surface area contributed by atoms with Crippen LogP contribution in [-0.4, -0.2) is 93.6 Å². The molecule has 3 unspecified atom stereocenters. The van der Waals surface area contributed by atoms with Gasteiger partial charge in [0.15, 0.2) is 0 Å². The molecule has 2 rings (SSSR count). The largest absolute Gasteiger partial charge is 0.472 e. The van der Waals surface area contributed by atoms with Crippen molar-refractivity contribution in [2.24, 2.45) is 0 Å². The molecule has 158 valence electrons. The number of hydrogen-bond donors (Lipinski definition) is 2. The van der Waals surface area contributed by atoms with E-state index < -0.39 is 50.3 Å². The van der Waals surface area contributed by atoms with E-state index >= 15 is 0 Å². The molecule has 0 saturated carbocycles. The number of aliphatic hydroxyl groups excluding tert-OH is 1. The molecule has 4 radical (unpaired) electrons. The molecule has 8 atom stereocenters. The first kappa shape index (κ1) is 24.3. The third-order valence-electron chi connectivity index (χ3n) is 4.29. The van der Waals surface area contributed by atoms with Gasteiger partial charge in [0.1, 0.15) is 40.1 Å². The van der Waals surface area contributed by atoms with Gasteiger partial charge in [-0.15, -0.1) is 0 Å². The molecule has 0 spiro atoms. The maximum atomic E-state index is 12.4. The molecule has 9 nitrogen and oxygen atoms in total. The number of aliphatic hydroxyl groups is 1. The summed E-state index contributed by atoms with van der Waals surface area (Å²) in [6, 6.07) is -1.60. The molecular formula is C16H29B2O9P. The van der Waals surface area contributed by atoms with Crippen LogP contribution in [0.1, 0.15) is 34.1 Å². The van der Waals surface area contributed by atoms with E-state index in [1.165, 1.54) is 0 Å². The number of phosphoric ester groups is 1. The van der Waals surface area contributed by atoms with Crippen molar-refractivity contribution in [1.82, 2.24) is 0 Å². The van der Waals surface area contributed by atoms with E-state index in [1.54, 1.807) is 13.8 Å². The predicted molar refractivity (Wildman–Crippen MR) is 101 cm³/mol. The second kappa shape index (κ2) is 10.4. The Morgan fingerprint density at radius 3 is 2.39 bits per heavy atom. The minimum absolute atomic E-state index is 0.0358. The molecule has 0 aliphatic carbocycles. The predicted octanol–water partition coefficient (Wildman–Crippen LogP) is 0.245. The SMILES string of the molecule is [B][C@@H]1O[C@H](COP(=O)(O)OC2C[C@H]([B])O[C@@H]2COC(C)C)C(OC(C)C)[C@@H]1O. The molecule has 0 aromatic heterocycles. The van der Waals surface area contributed by atoms with E-state index in [0.29, 0.717) is 0 Å². The Labute approximate surface area is 168 Å². The van der Waals surface area contributed by atoms with Crippen LogP contribution in [0.3, 0.4) is 0 Å². The number of phosphoric acid groups is 1. The van der Waals surface area contributed by atoms with Gasteiger partial charge in [0, 0.05) is 12.0 Å². The van der Waals surface area contributed by atoms with Crippen LogP contribution in [0, 0.1) is 0 Å². The molecule has 0 bridgehead atoms. The number of rotatable bonds is 10. The smallest absolute Gasteiger partial charge is 0.388 e. The van der Waals surface area contributed by atoms with Crippen molar-refractivity contribution in [1.29, 1.82) is 0 Å². The van der Waals surface area contributed by atoms with Crippen molar-refractivity contribution >= 4 is 23.5 Å². The zero-order chi connectivity index (χ0) is 21.1. The Kier molecular flexibility index (Phi) is 9.01. The van der Waals surface area contributed by atoms with Crippen molar-refractivity contribution in [3.63, 3.8) is 0 Å². The summed E-state index contributed by atoms with van der Waals surface area (Å²) in [7, 11) is 6.99. The van der Waals surface area contributed by atoms with Crippen LogP contribution in [0.4, 0.5) is 0 Å². The first-order valence-electron chi connectivity index (χ1n) is 9.41. The van der Waals surface area contributed by atoms with Gasteiger partial charge in [-0.3, -0.25) is 9.05 Å². The summed E-state index contributed by atoms with van der Waals surface area (Å²) in [5.41, 5.74) is 0. The fraction of sp³-hybridized carbons (Fsp3) is 1.00. The van der Waals surface area contributed by atoms with E-state index in [0.717, 1.165) is 0 Å². The van der Waals surface area contributed by atoms with Crippen LogP contribution in [0.25, 0.3) is 0 Å². The molecule has 2 fully saturated rings. The fourth-order valence-corrected chi connectivity index (χ4v) is 4.01. The summed E-state index contributed by atoms with van der Waals surface area (Å²) >= 11 is 0. The second-order valence-electron chi connectivity index (χ2n) is 7.52. The van der Waals surface area contributed by atoms with Crippen LogP contribution < -0.4 is 0 Å². The maximum Gasteiger partial charge on any atom is 0.472 e. The van der Waals surface area contributed by atoms with Crippen LogP contribution in [0.2, 0.25) is 0 Å². The highest BCUT2D eigenvalue weighted by molar-refractivity contribution is 7.47. The third kappa shape index (κ3) is 7.07. The highest BCUT2D eigenvalue weighted by Gasteiger charge is 2.44. The lowest BCUT2D eigenvalue weighted by Crippen LogP contribution is -2.39. The Balaban J connectivity index is 1.90. The highest BCUT2D eigenvalue weighted by Crippen LogP contribution is 2.47. The average Bonchev–Trinajstić information content (AvgIpc) is 3.04. The quantitative estimate of drug-likeness (QED) is 0.381. The van der Waals surface area contributed by atoms with Crippen LogP contribution in [0.15, 0.2) is 0 Å². The summed E-state index contributed by atoms with van der Waals surface area (Å²) in [6.45, 7) is 7.13. The van der Waals surface area contributed by atoms with Crippen molar-refractivity contribution in [2.45, 2.75) is 88.9 Å². The minimum atomic E-state index is -4.45. The van der Waals surface area contributed by atoms with Gasteiger partial charge in [0.25, 0.3) is 0 Å². The van der Waals surface area contributed by atoms with Gasteiger partial charge >= 0.3 is 7.82 Å². The van der Waals surface area contributed by atoms with E-state index in [9.17, 15) is 14.6 Å². The van der Waals surface area contributed by atoms with E-state index in [-0.39, 0.29) is 31.8 Å². The van der Waals surface area contributed by atoms with Gasteiger partial charge in [-0.25, -0.2) is 4.57 Å². The lowest BCUT2D eigenvalue weighted by atomic mass is 9.93. The Morgan fingerprint density at radius 2 is 1.79 bits per heavy atom. The van der Waals surface area contributed by atoms with Gasteiger partial charge in [-0.2, -0.15) is 0 Å². The zero-order valence-corrected chi connectivity index (χ0v) is 17.6. The van der Waals surface area contributed by atoms with Gasteiger partial charge in [-0.05, 0) is 34.1 Å². The van der Waals surface area contributed by atoms with E-state index in [1.807, 2.05) is 13.8 Å². The van der Waals surface area contributed by atoms with E-state index in [4.69, 9.17) is 43.7 Å². The molecule has 0 amide bonds. The van der Waals surface area contributed by atoms with Crippen molar-refractivity contribution in [2.75, 3.05) is 13.2 Å². The normalized spacial score (nSPS) is 38.4. The molecule has 2 N–H and O–H groups in total. The summed E-state index contributed by atoms with van der Waals surface area (Å²) in [5, 5.41) is 10.1. The van der Waals surface area contributed by atoms with Crippen molar-refractivity contribution < 1.29 is 42.6 Å². The van der Waals surface area contributed by atoms with Gasteiger partial charge in [0.2, 0.25) is 0 Å². The molecular weight excluding hydrogens is 389 g/mol. The van der Waals surface area contributed by atoms with Crippen LogP contribution in [0.5, 0.6) is 0 Å². The molecule has 0 aromatic carbocycles. The fourth-order valence-electron chi connectivity index (χ4n) is 3.05. The summed E-state index contributed by atoms with van der Waals surface area (Å²) < 4.78 is 44.7. The second-order valence-corrected chi connectivity index (χ2v) is 8.92. The van der Waals surface area contributed by atoms with Crippen LogP contribution >= 0.6 is 7.82 Å². The van der Waals surface area contributed by atoms with Gasteiger partial charge in [0.05, 0.1) is 31.5 Å². The molecule has 0 aromatic rings. The topological polar surface area (TPSA) is 113 Å². The molecule has 2 saturated heterocycles. The first-order chi connectivity index (χ1) is 13.0. The molecule has 2 aliphatic heterocycles. The molecule has 2 aliphatic rings. The van der Waals surface area contributed by atoms with Crippen molar-refractivity contribution in [3.8, 4) is 0 Å². The molecule has 2 heterocycles. The standard InChI is InChI=1S/C16H29B2O9P/c1-8(2)22-6-11-10(5-13(17)25-11)27-28(20,21)23-7-12-15(24-9(3)4)14(19)16(18)26-12/h8-16,19H,5-7H2,1-4H3,(H,20,21)/t10?,11-,12-,13-,14+,15?,16-/m1/s1. The van der Waals surface area contributed by atoms with Gasteiger partial charge < -0.3 is 28.9 Å². The monoisotopic (exact) mass is 418 g/mol. The minimum Gasteiger partial charge on any atom is -0.388 e. The lowest BCUT2D eigenvalue weighted by Gasteiger charge is -2.25. The lowest BCUT2D eigenvalue weighted by molar-refractivity contribution is -0.0796. The Hall–Kier alpha value is 0.0399. The Bertz CT molecular complexity index is 538. The highest BCUT2D eigenvalue weighted by atomic mass is 31.2. The van der Waals surface area contributed by atoms with E-state index in [2.05, 4.69) is 0 Å². The molecule has 28 heavy (non-hydrogen) atoms. The molecule has 12 heteroatoms. The summed E-state index contributed by atoms with van der Waals surface area (Å²) in [5.74, 6) is 0. The maximum absolute atomic E-state index is 12.4. The summed E-state index contributed by atoms with van der Waals surface area (Å²) in [6.07, 6.45) is -4.04. The number of hydrogen-bond acceptors (Lipinski definition) is 8. The number of ether oxygens (including phenoxy) is 4. The Morgan fingerprint density at radius 1 is 1.11 bits per heavy atom. The average molecular weight is 418 g/mol. The van der Waals surface area contributed by atoms with Crippen molar-refractivity contribution in [3.05, 3.63) is 0 Å².